The van der Waals surface area contributed by atoms with Crippen molar-refractivity contribution >= 4 is 29.6 Å². The Morgan fingerprint density at radius 2 is 2.25 bits per heavy atom. The van der Waals surface area contributed by atoms with Gasteiger partial charge >= 0.3 is 6.09 Å². The van der Waals surface area contributed by atoms with Crippen LogP contribution in [0.4, 0.5) is 10.5 Å². The second-order valence-electron chi connectivity index (χ2n) is 4.11. The number of ether oxygens (including phenoxy) is 1. The Labute approximate surface area is 121 Å². The second kappa shape index (κ2) is 6.93. The molecule has 106 valence electrons. The number of hydrogen-bond donors (Lipinski definition) is 3. The van der Waals surface area contributed by atoms with Crippen molar-refractivity contribution < 1.29 is 14.7 Å². The standard InChI is InChI=1S/C13H14ClN3O3/c14-10-3-5-11(6-4-10)17-13(18)20-12-9(8-16-19)2-1-7-15-12/h2-6,8,12,15,19H,1,7H2,(H,17,18). The Kier molecular flexibility index (Phi) is 4.97. The molecule has 2 rings (SSSR count). The van der Waals surface area contributed by atoms with E-state index in [1.165, 1.54) is 6.21 Å². The van der Waals surface area contributed by atoms with Crippen LogP contribution in [0.1, 0.15) is 6.42 Å². The Morgan fingerprint density at radius 1 is 1.50 bits per heavy atom. The number of nitrogens with one attached hydrogen (secondary N) is 2. The number of benzene rings is 1. The monoisotopic (exact) mass is 295 g/mol. The quantitative estimate of drug-likeness (QED) is 0.455. The highest BCUT2D eigenvalue weighted by molar-refractivity contribution is 6.30. The van der Waals surface area contributed by atoms with Gasteiger partial charge in [0.05, 0.1) is 6.21 Å². The van der Waals surface area contributed by atoms with E-state index >= 15 is 0 Å². The number of amides is 1. The number of carbonyl (C=O) groups excluding carboxylic acids is 1. The highest BCUT2D eigenvalue weighted by Crippen LogP contribution is 2.15. The molecular weight excluding hydrogens is 282 g/mol. The van der Waals surface area contributed by atoms with E-state index in [1.807, 2.05) is 6.08 Å². The molecule has 1 heterocycles. The molecule has 0 saturated heterocycles. The van der Waals surface area contributed by atoms with E-state index in [9.17, 15) is 4.79 Å². The Hall–Kier alpha value is -2.05. The predicted octanol–water partition coefficient (Wildman–Crippen LogP) is 2.59. The number of hydrogen-bond acceptors (Lipinski definition) is 5. The van der Waals surface area contributed by atoms with Gasteiger partial charge in [-0.15, -0.1) is 0 Å². The van der Waals surface area contributed by atoms with Gasteiger partial charge in [-0.05, 0) is 30.7 Å². The van der Waals surface area contributed by atoms with Crippen LogP contribution in [-0.4, -0.2) is 30.3 Å². The third kappa shape index (κ3) is 3.97. The predicted molar refractivity (Wildman–Crippen MR) is 76.3 cm³/mol. The molecule has 0 bridgehead atoms. The summed E-state index contributed by atoms with van der Waals surface area (Å²) >= 11 is 5.76. The zero-order valence-electron chi connectivity index (χ0n) is 10.5. The van der Waals surface area contributed by atoms with Crippen LogP contribution in [0.3, 0.4) is 0 Å². The number of oxime groups is 1. The van der Waals surface area contributed by atoms with Gasteiger partial charge in [-0.25, -0.2) is 4.79 Å². The Balaban J connectivity index is 1.95. The van der Waals surface area contributed by atoms with Crippen molar-refractivity contribution in [2.45, 2.75) is 12.6 Å². The van der Waals surface area contributed by atoms with E-state index in [-0.39, 0.29) is 0 Å². The fourth-order valence-corrected chi connectivity index (χ4v) is 1.89. The first kappa shape index (κ1) is 14.4. The van der Waals surface area contributed by atoms with Gasteiger partial charge in [-0.1, -0.05) is 22.8 Å². The molecule has 0 radical (unpaired) electrons. The van der Waals surface area contributed by atoms with Crippen molar-refractivity contribution in [1.82, 2.24) is 5.32 Å². The summed E-state index contributed by atoms with van der Waals surface area (Å²) in [6.07, 6.45) is 2.62. The molecule has 0 spiro atoms. The summed E-state index contributed by atoms with van der Waals surface area (Å²) in [5, 5.41) is 17.7. The number of carbonyl (C=O) groups is 1. The summed E-state index contributed by atoms with van der Waals surface area (Å²) in [5.74, 6) is 0. The van der Waals surface area contributed by atoms with Crippen LogP contribution in [-0.2, 0) is 4.74 Å². The lowest BCUT2D eigenvalue weighted by molar-refractivity contribution is 0.111. The number of halogens is 1. The maximum Gasteiger partial charge on any atom is 0.413 e. The van der Waals surface area contributed by atoms with Crippen molar-refractivity contribution in [2.75, 3.05) is 11.9 Å². The molecule has 1 aromatic carbocycles. The summed E-state index contributed by atoms with van der Waals surface area (Å²) in [7, 11) is 0. The van der Waals surface area contributed by atoms with E-state index < -0.39 is 12.3 Å². The summed E-state index contributed by atoms with van der Waals surface area (Å²) in [5.41, 5.74) is 1.18. The fourth-order valence-electron chi connectivity index (χ4n) is 1.76. The lowest BCUT2D eigenvalue weighted by Gasteiger charge is -2.23. The van der Waals surface area contributed by atoms with Crippen LogP contribution in [0.15, 0.2) is 41.1 Å². The summed E-state index contributed by atoms with van der Waals surface area (Å²) in [6.45, 7) is 0.682. The van der Waals surface area contributed by atoms with Crippen LogP contribution in [0.25, 0.3) is 0 Å². The van der Waals surface area contributed by atoms with Crippen molar-refractivity contribution in [2.24, 2.45) is 5.16 Å². The first-order valence-electron chi connectivity index (χ1n) is 6.03. The van der Waals surface area contributed by atoms with Crippen LogP contribution in [0, 0.1) is 0 Å². The maximum atomic E-state index is 11.8. The van der Waals surface area contributed by atoms with Gasteiger partial charge in [-0.3, -0.25) is 10.6 Å². The first-order valence-corrected chi connectivity index (χ1v) is 6.41. The molecule has 1 aliphatic rings. The van der Waals surface area contributed by atoms with E-state index in [2.05, 4.69) is 15.8 Å². The number of anilines is 1. The van der Waals surface area contributed by atoms with Crippen molar-refractivity contribution in [3.05, 3.63) is 40.9 Å². The van der Waals surface area contributed by atoms with Crippen LogP contribution < -0.4 is 10.6 Å². The molecule has 7 heteroatoms. The summed E-state index contributed by atoms with van der Waals surface area (Å²) in [6, 6.07) is 6.67. The second-order valence-corrected chi connectivity index (χ2v) is 4.55. The van der Waals surface area contributed by atoms with Gasteiger partial charge in [0.25, 0.3) is 0 Å². The van der Waals surface area contributed by atoms with Gasteiger partial charge in [0.1, 0.15) is 0 Å². The largest absolute Gasteiger partial charge is 0.426 e. The Morgan fingerprint density at radius 3 is 2.95 bits per heavy atom. The highest BCUT2D eigenvalue weighted by atomic mass is 35.5. The van der Waals surface area contributed by atoms with Crippen LogP contribution >= 0.6 is 11.6 Å². The molecule has 1 aromatic rings. The zero-order chi connectivity index (χ0) is 14.4. The maximum absolute atomic E-state index is 11.8. The van der Waals surface area contributed by atoms with Crippen molar-refractivity contribution in [1.29, 1.82) is 0 Å². The van der Waals surface area contributed by atoms with E-state index in [0.29, 0.717) is 22.8 Å². The van der Waals surface area contributed by atoms with Gasteiger partial charge in [-0.2, -0.15) is 0 Å². The minimum absolute atomic E-state index is 0.580. The number of rotatable bonds is 3. The molecule has 0 saturated carbocycles. The van der Waals surface area contributed by atoms with Crippen LogP contribution in [0.5, 0.6) is 0 Å². The molecule has 0 aliphatic carbocycles. The molecule has 0 fully saturated rings. The van der Waals surface area contributed by atoms with Gasteiger partial charge < -0.3 is 9.94 Å². The topological polar surface area (TPSA) is 83.0 Å². The lowest BCUT2D eigenvalue weighted by Crippen LogP contribution is -2.40. The molecule has 0 aromatic heterocycles. The van der Waals surface area contributed by atoms with Crippen molar-refractivity contribution in [3.63, 3.8) is 0 Å². The van der Waals surface area contributed by atoms with Gasteiger partial charge in [0.15, 0.2) is 6.23 Å². The average Bonchev–Trinajstić information content (AvgIpc) is 2.44. The SMILES string of the molecule is O=C(Nc1ccc(Cl)cc1)OC1NCCC=C1C=NO. The normalized spacial score (nSPS) is 18.6. The average molecular weight is 296 g/mol. The molecule has 1 amide bonds. The van der Waals surface area contributed by atoms with Gasteiger partial charge in [0, 0.05) is 22.8 Å². The van der Waals surface area contributed by atoms with Crippen molar-refractivity contribution in [3.8, 4) is 0 Å². The molecule has 3 N–H and O–H groups in total. The summed E-state index contributed by atoms with van der Waals surface area (Å²) < 4.78 is 5.23. The van der Waals surface area contributed by atoms with Gasteiger partial charge in [0.2, 0.25) is 0 Å². The third-order valence-electron chi connectivity index (χ3n) is 2.68. The zero-order valence-corrected chi connectivity index (χ0v) is 11.3. The van der Waals surface area contributed by atoms with E-state index in [0.717, 1.165) is 6.42 Å². The molecule has 20 heavy (non-hydrogen) atoms. The smallest absolute Gasteiger partial charge is 0.413 e. The van der Waals surface area contributed by atoms with E-state index in [4.69, 9.17) is 21.5 Å². The van der Waals surface area contributed by atoms with Crippen LogP contribution in [0.2, 0.25) is 5.02 Å². The minimum Gasteiger partial charge on any atom is -0.426 e. The third-order valence-corrected chi connectivity index (χ3v) is 2.93. The molecule has 1 atom stereocenters. The Bertz CT molecular complexity index is 528. The lowest BCUT2D eigenvalue weighted by atomic mass is 10.1. The minimum atomic E-state index is -0.632. The molecule has 1 unspecified atom stereocenters. The first-order chi connectivity index (χ1) is 9.69. The fraction of sp³-hybridized carbons (Fsp3) is 0.231. The number of nitrogens with zero attached hydrogens (tertiary/aromatic N) is 1. The molecule has 1 aliphatic heterocycles. The highest BCUT2D eigenvalue weighted by Gasteiger charge is 2.20. The molecular formula is C13H14ClN3O3. The molecule has 6 nitrogen and oxygen atoms in total. The van der Waals surface area contributed by atoms with E-state index in [1.54, 1.807) is 24.3 Å². The summed E-state index contributed by atoms with van der Waals surface area (Å²) in [4.78, 5) is 11.8.